The highest BCUT2D eigenvalue weighted by Gasteiger charge is 2.18. The molecule has 1 atom stereocenters. The highest BCUT2D eigenvalue weighted by molar-refractivity contribution is 8.00. The van der Waals surface area contributed by atoms with E-state index in [0.717, 1.165) is 6.42 Å². The second kappa shape index (κ2) is 7.50. The van der Waals surface area contributed by atoms with Crippen LogP contribution in [0.2, 0.25) is 0 Å². The van der Waals surface area contributed by atoms with Crippen LogP contribution in [0.3, 0.4) is 0 Å². The standard InChI is InChI=1S/C16H17N3O2S3/c1-10(13(20)17-7-5-11-4-3-8-22-11)24-16-18-14-12(6-9-23-14)15(21)19(16)2/h3-4,6,8-10H,5,7H2,1-2H3,(H,17,20). The maximum absolute atomic E-state index is 12.3. The first-order valence-corrected chi connectivity index (χ1v) is 10.1. The van der Waals surface area contributed by atoms with Gasteiger partial charge in [-0.2, -0.15) is 0 Å². The first-order chi connectivity index (χ1) is 11.6. The van der Waals surface area contributed by atoms with Gasteiger partial charge in [0.2, 0.25) is 5.91 Å². The molecule has 3 rings (SSSR count). The normalized spacial score (nSPS) is 12.4. The average Bonchev–Trinajstić information content (AvgIpc) is 3.23. The first-order valence-electron chi connectivity index (χ1n) is 7.47. The smallest absolute Gasteiger partial charge is 0.262 e. The molecule has 0 fully saturated rings. The van der Waals surface area contributed by atoms with Gasteiger partial charge in [0.1, 0.15) is 4.83 Å². The minimum absolute atomic E-state index is 0.0444. The highest BCUT2D eigenvalue weighted by Crippen LogP contribution is 2.23. The van der Waals surface area contributed by atoms with Crippen molar-refractivity contribution >= 4 is 50.6 Å². The fraction of sp³-hybridized carbons (Fsp3) is 0.312. The minimum atomic E-state index is -0.316. The predicted octanol–water partition coefficient (Wildman–Crippen LogP) is 2.90. The zero-order chi connectivity index (χ0) is 17.1. The molecule has 0 aliphatic heterocycles. The summed E-state index contributed by atoms with van der Waals surface area (Å²) in [4.78, 5) is 31.0. The third kappa shape index (κ3) is 3.71. The van der Waals surface area contributed by atoms with Gasteiger partial charge in [0.25, 0.3) is 5.56 Å². The zero-order valence-corrected chi connectivity index (χ0v) is 15.8. The molecule has 0 saturated heterocycles. The third-order valence-electron chi connectivity index (χ3n) is 3.57. The molecule has 5 nitrogen and oxygen atoms in total. The Morgan fingerprint density at radius 1 is 1.38 bits per heavy atom. The number of rotatable bonds is 6. The second-order valence-electron chi connectivity index (χ2n) is 5.28. The number of thiophene rings is 2. The number of thioether (sulfide) groups is 1. The Hall–Kier alpha value is -1.64. The molecule has 3 aromatic heterocycles. The van der Waals surface area contributed by atoms with Gasteiger partial charge in [-0.3, -0.25) is 14.2 Å². The van der Waals surface area contributed by atoms with E-state index in [4.69, 9.17) is 0 Å². The monoisotopic (exact) mass is 379 g/mol. The summed E-state index contributed by atoms with van der Waals surface area (Å²) in [5, 5.41) is 7.70. The summed E-state index contributed by atoms with van der Waals surface area (Å²) in [6, 6.07) is 5.85. The van der Waals surface area contributed by atoms with Gasteiger partial charge in [-0.1, -0.05) is 17.8 Å². The van der Waals surface area contributed by atoms with E-state index in [1.807, 2.05) is 23.8 Å². The summed E-state index contributed by atoms with van der Waals surface area (Å²) in [6.07, 6.45) is 0.832. The number of aromatic nitrogens is 2. The third-order valence-corrected chi connectivity index (χ3v) is 6.45. The van der Waals surface area contributed by atoms with Crippen molar-refractivity contribution in [2.24, 2.45) is 7.05 Å². The predicted molar refractivity (Wildman–Crippen MR) is 101 cm³/mol. The fourth-order valence-corrected chi connectivity index (χ4v) is 4.62. The van der Waals surface area contributed by atoms with E-state index in [9.17, 15) is 9.59 Å². The van der Waals surface area contributed by atoms with Crippen molar-refractivity contribution in [1.29, 1.82) is 0 Å². The number of fused-ring (bicyclic) bond motifs is 1. The molecule has 0 bridgehead atoms. The molecule has 1 N–H and O–H groups in total. The lowest BCUT2D eigenvalue weighted by Crippen LogP contribution is -2.33. The number of carbonyl (C=O) groups is 1. The topological polar surface area (TPSA) is 64.0 Å². The van der Waals surface area contributed by atoms with Crippen LogP contribution in [-0.2, 0) is 18.3 Å². The summed E-state index contributed by atoms with van der Waals surface area (Å²) in [6.45, 7) is 2.44. The van der Waals surface area contributed by atoms with Crippen LogP contribution < -0.4 is 10.9 Å². The van der Waals surface area contributed by atoms with Crippen LogP contribution in [0, 0.1) is 0 Å². The largest absolute Gasteiger partial charge is 0.355 e. The lowest BCUT2D eigenvalue weighted by atomic mass is 10.3. The van der Waals surface area contributed by atoms with Crippen LogP contribution in [0.5, 0.6) is 0 Å². The maximum Gasteiger partial charge on any atom is 0.262 e. The second-order valence-corrected chi connectivity index (χ2v) is 8.51. The van der Waals surface area contributed by atoms with Crippen molar-refractivity contribution in [1.82, 2.24) is 14.9 Å². The molecule has 3 aromatic rings. The van der Waals surface area contributed by atoms with Crippen molar-refractivity contribution in [3.63, 3.8) is 0 Å². The lowest BCUT2D eigenvalue weighted by Gasteiger charge is -2.13. The number of nitrogens with one attached hydrogen (secondary N) is 1. The van der Waals surface area contributed by atoms with Crippen LogP contribution in [0.25, 0.3) is 10.2 Å². The molecule has 3 heterocycles. The van der Waals surface area contributed by atoms with Crippen molar-refractivity contribution in [3.8, 4) is 0 Å². The summed E-state index contributed by atoms with van der Waals surface area (Å²) in [7, 11) is 1.69. The number of hydrogen-bond donors (Lipinski definition) is 1. The lowest BCUT2D eigenvalue weighted by molar-refractivity contribution is -0.120. The summed E-state index contributed by atoms with van der Waals surface area (Å²) >= 11 is 4.43. The molecule has 1 amide bonds. The highest BCUT2D eigenvalue weighted by atomic mass is 32.2. The van der Waals surface area contributed by atoms with Crippen molar-refractivity contribution in [3.05, 3.63) is 44.2 Å². The summed E-state index contributed by atoms with van der Waals surface area (Å²) in [5.74, 6) is -0.0444. The first kappa shape index (κ1) is 17.2. The van der Waals surface area contributed by atoms with Crippen molar-refractivity contribution < 1.29 is 4.79 Å². The van der Waals surface area contributed by atoms with Gasteiger partial charge in [0.15, 0.2) is 5.16 Å². The van der Waals surface area contributed by atoms with Crippen LogP contribution in [0.1, 0.15) is 11.8 Å². The number of carbonyl (C=O) groups excluding carboxylic acids is 1. The molecule has 0 aliphatic carbocycles. The van der Waals surface area contributed by atoms with Crippen molar-refractivity contribution in [2.75, 3.05) is 6.54 Å². The minimum Gasteiger partial charge on any atom is -0.355 e. The SMILES string of the molecule is CC(Sc1nc2sccc2c(=O)n1C)C(=O)NCCc1cccs1. The molecule has 0 aliphatic rings. The number of hydrogen-bond acceptors (Lipinski definition) is 6. The van der Waals surface area contributed by atoms with Gasteiger partial charge >= 0.3 is 0 Å². The molecule has 0 aromatic carbocycles. The summed E-state index contributed by atoms with van der Waals surface area (Å²) in [5.41, 5.74) is -0.0750. The Kier molecular flexibility index (Phi) is 5.37. The van der Waals surface area contributed by atoms with Gasteiger partial charge in [0, 0.05) is 18.5 Å². The Bertz CT molecular complexity index is 899. The van der Waals surface area contributed by atoms with Crippen LogP contribution >= 0.6 is 34.4 Å². The van der Waals surface area contributed by atoms with Crippen molar-refractivity contribution in [2.45, 2.75) is 23.8 Å². The molecule has 0 radical (unpaired) electrons. The maximum atomic E-state index is 12.3. The molecule has 126 valence electrons. The zero-order valence-electron chi connectivity index (χ0n) is 13.3. The van der Waals surface area contributed by atoms with Gasteiger partial charge in [-0.05, 0) is 36.2 Å². The Morgan fingerprint density at radius 2 is 2.21 bits per heavy atom. The molecule has 24 heavy (non-hydrogen) atoms. The molecule has 1 unspecified atom stereocenters. The average molecular weight is 380 g/mol. The van der Waals surface area contributed by atoms with Gasteiger partial charge in [-0.15, -0.1) is 22.7 Å². The molecule has 0 spiro atoms. The van der Waals surface area contributed by atoms with E-state index in [0.29, 0.717) is 21.9 Å². The molecule has 8 heteroatoms. The van der Waals surface area contributed by atoms with Gasteiger partial charge in [-0.25, -0.2) is 4.98 Å². The van der Waals surface area contributed by atoms with Crippen LogP contribution in [0.4, 0.5) is 0 Å². The van der Waals surface area contributed by atoms with Crippen LogP contribution in [0.15, 0.2) is 38.9 Å². The molecular formula is C16H17N3O2S3. The van der Waals surface area contributed by atoms with Crippen LogP contribution in [-0.4, -0.2) is 27.3 Å². The number of nitrogens with zero attached hydrogens (tertiary/aromatic N) is 2. The Labute approximate surface area is 151 Å². The molecular weight excluding hydrogens is 362 g/mol. The fourth-order valence-electron chi connectivity index (χ4n) is 2.20. The Balaban J connectivity index is 1.63. The molecule has 0 saturated carbocycles. The van der Waals surface area contributed by atoms with E-state index in [1.54, 1.807) is 24.5 Å². The van der Waals surface area contributed by atoms with Gasteiger partial charge < -0.3 is 5.32 Å². The van der Waals surface area contributed by atoms with E-state index in [1.165, 1.54) is 32.5 Å². The van der Waals surface area contributed by atoms with E-state index in [-0.39, 0.29) is 16.7 Å². The van der Waals surface area contributed by atoms with Gasteiger partial charge in [0.05, 0.1) is 10.6 Å². The summed E-state index contributed by atoms with van der Waals surface area (Å²) < 4.78 is 1.51. The quantitative estimate of drug-likeness (QED) is 0.528. The van der Waals surface area contributed by atoms with E-state index in [2.05, 4.69) is 16.4 Å². The Morgan fingerprint density at radius 3 is 2.96 bits per heavy atom. The number of amides is 1. The van der Waals surface area contributed by atoms with E-state index >= 15 is 0 Å². The van der Waals surface area contributed by atoms with E-state index < -0.39 is 0 Å².